The maximum Gasteiger partial charge on any atom is 0.0177 e. The second kappa shape index (κ2) is 2.89. The fourth-order valence-electron chi connectivity index (χ4n) is 1.24. The number of rotatable bonds is 3. The number of nitrogens with one attached hydrogen (secondary N) is 1. The van der Waals surface area contributed by atoms with Crippen LogP contribution in [0.3, 0.4) is 0 Å². The molecule has 1 rings (SSSR count). The van der Waals surface area contributed by atoms with E-state index in [2.05, 4.69) is 31.2 Å². The molecule has 2 nitrogen and oxygen atoms in total. The van der Waals surface area contributed by atoms with Crippen molar-refractivity contribution in [3.8, 4) is 0 Å². The van der Waals surface area contributed by atoms with Gasteiger partial charge in [-0.3, -0.25) is 0 Å². The Morgan fingerprint density at radius 2 is 2.10 bits per heavy atom. The minimum Gasteiger partial charge on any atom is -0.311 e. The first-order chi connectivity index (χ1) is 4.62. The summed E-state index contributed by atoms with van der Waals surface area (Å²) >= 11 is 0. The highest BCUT2D eigenvalue weighted by molar-refractivity contribution is 4.92. The summed E-state index contributed by atoms with van der Waals surface area (Å²) in [6.07, 6.45) is 2.63. The molecule has 0 saturated carbocycles. The second-order valence-electron chi connectivity index (χ2n) is 3.79. The summed E-state index contributed by atoms with van der Waals surface area (Å²) in [6.45, 7) is 4.72. The highest BCUT2D eigenvalue weighted by Crippen LogP contribution is 2.21. The zero-order chi connectivity index (χ0) is 7.61. The van der Waals surface area contributed by atoms with Crippen LogP contribution in [0.2, 0.25) is 0 Å². The van der Waals surface area contributed by atoms with Gasteiger partial charge < -0.3 is 10.2 Å². The molecule has 2 heteroatoms. The molecular formula is C8H18N2. The van der Waals surface area contributed by atoms with Gasteiger partial charge in [0.25, 0.3) is 0 Å². The molecule has 1 aliphatic heterocycles. The van der Waals surface area contributed by atoms with E-state index in [4.69, 9.17) is 0 Å². The second-order valence-corrected chi connectivity index (χ2v) is 3.79. The minimum absolute atomic E-state index is 0.463. The molecule has 1 unspecified atom stereocenters. The lowest BCUT2D eigenvalue weighted by molar-refractivity contribution is 0.194. The van der Waals surface area contributed by atoms with Gasteiger partial charge in [0.2, 0.25) is 0 Å². The van der Waals surface area contributed by atoms with Gasteiger partial charge in [0.05, 0.1) is 0 Å². The van der Waals surface area contributed by atoms with Crippen LogP contribution in [0.4, 0.5) is 0 Å². The first-order valence-electron chi connectivity index (χ1n) is 4.02. The van der Waals surface area contributed by atoms with Gasteiger partial charge in [0.1, 0.15) is 0 Å². The van der Waals surface area contributed by atoms with Crippen molar-refractivity contribution in [3.05, 3.63) is 0 Å². The van der Waals surface area contributed by atoms with Gasteiger partial charge in [-0.05, 0) is 47.0 Å². The third kappa shape index (κ3) is 1.96. The van der Waals surface area contributed by atoms with Crippen LogP contribution < -0.4 is 5.32 Å². The summed E-state index contributed by atoms with van der Waals surface area (Å²) in [4.78, 5) is 2.24. The molecular weight excluding hydrogens is 124 g/mol. The van der Waals surface area contributed by atoms with Crippen molar-refractivity contribution in [2.45, 2.75) is 25.3 Å². The monoisotopic (exact) mass is 142 g/mol. The molecule has 0 aromatic rings. The van der Waals surface area contributed by atoms with Gasteiger partial charge in [-0.15, -0.1) is 0 Å². The topological polar surface area (TPSA) is 15.3 Å². The SMILES string of the molecule is CN(C)CCC1(C)CCN1. The third-order valence-electron chi connectivity index (χ3n) is 2.34. The molecule has 1 atom stereocenters. The van der Waals surface area contributed by atoms with Crippen LogP contribution in [0.5, 0.6) is 0 Å². The molecule has 0 aromatic carbocycles. The lowest BCUT2D eigenvalue weighted by Gasteiger charge is -2.40. The van der Waals surface area contributed by atoms with Crippen molar-refractivity contribution in [3.63, 3.8) is 0 Å². The van der Waals surface area contributed by atoms with Gasteiger partial charge in [-0.25, -0.2) is 0 Å². The molecule has 0 aliphatic carbocycles. The third-order valence-corrected chi connectivity index (χ3v) is 2.34. The first kappa shape index (κ1) is 8.02. The Hall–Kier alpha value is -0.0800. The van der Waals surface area contributed by atoms with Crippen LogP contribution in [0, 0.1) is 0 Å². The number of hydrogen-bond acceptors (Lipinski definition) is 2. The fourth-order valence-corrected chi connectivity index (χ4v) is 1.24. The molecule has 0 radical (unpaired) electrons. The predicted molar refractivity (Wildman–Crippen MR) is 44.2 cm³/mol. The van der Waals surface area contributed by atoms with Crippen molar-refractivity contribution in [2.24, 2.45) is 0 Å². The summed E-state index contributed by atoms with van der Waals surface area (Å²) in [5.41, 5.74) is 0.463. The zero-order valence-electron chi connectivity index (χ0n) is 7.28. The predicted octanol–water partition coefficient (Wildman–Crippen LogP) is 0.690. The Balaban J connectivity index is 2.12. The molecule has 1 fully saturated rings. The average Bonchev–Trinajstić information content (AvgIpc) is 1.79. The van der Waals surface area contributed by atoms with E-state index >= 15 is 0 Å². The molecule has 1 heterocycles. The molecule has 1 aliphatic rings. The summed E-state index contributed by atoms with van der Waals surface area (Å²) < 4.78 is 0. The summed E-state index contributed by atoms with van der Waals surface area (Å²) in [7, 11) is 4.25. The standard InChI is InChI=1S/C8H18N2/c1-8(4-6-9-8)5-7-10(2)3/h9H,4-7H2,1-3H3. The lowest BCUT2D eigenvalue weighted by Crippen LogP contribution is -2.55. The minimum atomic E-state index is 0.463. The molecule has 1 saturated heterocycles. The Kier molecular flexibility index (Phi) is 2.32. The highest BCUT2D eigenvalue weighted by Gasteiger charge is 2.30. The largest absolute Gasteiger partial charge is 0.311 e. The van der Waals surface area contributed by atoms with E-state index in [0.717, 1.165) is 0 Å². The van der Waals surface area contributed by atoms with Crippen LogP contribution in [0.25, 0.3) is 0 Å². The van der Waals surface area contributed by atoms with Crippen LogP contribution in [0.1, 0.15) is 19.8 Å². The van der Waals surface area contributed by atoms with Crippen LogP contribution in [0.15, 0.2) is 0 Å². The van der Waals surface area contributed by atoms with Crippen molar-refractivity contribution < 1.29 is 0 Å². The Labute approximate surface area is 63.6 Å². The quantitative estimate of drug-likeness (QED) is 0.623. The summed E-state index contributed by atoms with van der Waals surface area (Å²) in [5, 5.41) is 3.45. The van der Waals surface area contributed by atoms with Crippen molar-refractivity contribution in [2.75, 3.05) is 27.2 Å². The van der Waals surface area contributed by atoms with E-state index in [9.17, 15) is 0 Å². The van der Waals surface area contributed by atoms with E-state index < -0.39 is 0 Å². The van der Waals surface area contributed by atoms with E-state index in [1.54, 1.807) is 0 Å². The molecule has 0 spiro atoms. The van der Waals surface area contributed by atoms with Crippen molar-refractivity contribution >= 4 is 0 Å². The first-order valence-corrected chi connectivity index (χ1v) is 4.02. The number of hydrogen-bond donors (Lipinski definition) is 1. The van der Waals surface area contributed by atoms with E-state index in [-0.39, 0.29) is 0 Å². The van der Waals surface area contributed by atoms with Gasteiger partial charge >= 0.3 is 0 Å². The molecule has 0 amide bonds. The van der Waals surface area contributed by atoms with Crippen LogP contribution >= 0.6 is 0 Å². The Morgan fingerprint density at radius 3 is 2.40 bits per heavy atom. The van der Waals surface area contributed by atoms with E-state index in [0.29, 0.717) is 5.54 Å². The Morgan fingerprint density at radius 1 is 1.50 bits per heavy atom. The van der Waals surface area contributed by atoms with Crippen molar-refractivity contribution in [1.82, 2.24) is 10.2 Å². The van der Waals surface area contributed by atoms with Gasteiger partial charge in [-0.2, -0.15) is 0 Å². The normalized spacial score (nSPS) is 32.4. The van der Waals surface area contributed by atoms with Crippen LogP contribution in [-0.4, -0.2) is 37.6 Å². The summed E-state index contributed by atoms with van der Waals surface area (Å²) in [6, 6.07) is 0. The average molecular weight is 142 g/mol. The Bertz CT molecular complexity index is 106. The smallest absolute Gasteiger partial charge is 0.0177 e. The molecule has 1 N–H and O–H groups in total. The molecule has 0 bridgehead atoms. The molecule has 0 aromatic heterocycles. The van der Waals surface area contributed by atoms with Gasteiger partial charge in [-0.1, -0.05) is 0 Å². The van der Waals surface area contributed by atoms with Crippen molar-refractivity contribution in [1.29, 1.82) is 0 Å². The molecule has 10 heavy (non-hydrogen) atoms. The fraction of sp³-hybridized carbons (Fsp3) is 1.00. The maximum absolute atomic E-state index is 3.45. The maximum atomic E-state index is 3.45. The lowest BCUT2D eigenvalue weighted by atomic mass is 9.87. The summed E-state index contributed by atoms with van der Waals surface area (Å²) in [5.74, 6) is 0. The van der Waals surface area contributed by atoms with Gasteiger partial charge in [0, 0.05) is 5.54 Å². The van der Waals surface area contributed by atoms with E-state index in [1.165, 1.54) is 25.9 Å². The van der Waals surface area contributed by atoms with Gasteiger partial charge in [0.15, 0.2) is 0 Å². The highest BCUT2D eigenvalue weighted by atomic mass is 15.1. The zero-order valence-corrected chi connectivity index (χ0v) is 7.28. The number of nitrogens with zero attached hydrogens (tertiary/aromatic N) is 1. The molecule has 60 valence electrons. The van der Waals surface area contributed by atoms with E-state index in [1.807, 2.05) is 0 Å². The van der Waals surface area contributed by atoms with Crippen LogP contribution in [-0.2, 0) is 0 Å².